The number of hydrogen-bond acceptors (Lipinski definition) is 2. The highest BCUT2D eigenvalue weighted by Crippen LogP contribution is 2.41. The Morgan fingerprint density at radius 1 is 0.778 bits per heavy atom. The molecule has 2 heterocycles. The van der Waals surface area contributed by atoms with Gasteiger partial charge in [0.1, 0.15) is 11.5 Å². The number of rotatable bonds is 3. The minimum atomic E-state index is 0.213. The summed E-state index contributed by atoms with van der Waals surface area (Å²) in [6, 6.07) is 26.7. The van der Waals surface area contributed by atoms with Crippen LogP contribution in [0.5, 0.6) is 11.5 Å². The number of fused-ring (bicyclic) bond motifs is 2. The van der Waals surface area contributed by atoms with Crippen molar-refractivity contribution < 1.29 is 9.53 Å². The van der Waals surface area contributed by atoms with Crippen molar-refractivity contribution in [3.63, 3.8) is 0 Å². The second-order valence-electron chi connectivity index (χ2n) is 7.36. The zero-order valence-electron chi connectivity index (χ0n) is 15.0. The van der Waals surface area contributed by atoms with Crippen LogP contribution in [0.15, 0.2) is 78.9 Å². The molecule has 0 saturated carbocycles. The van der Waals surface area contributed by atoms with Crippen LogP contribution in [0.25, 0.3) is 0 Å². The van der Waals surface area contributed by atoms with Crippen LogP contribution in [0.4, 0.5) is 0 Å². The quantitative estimate of drug-likeness (QED) is 0.667. The van der Waals surface area contributed by atoms with E-state index in [0.29, 0.717) is 6.42 Å². The van der Waals surface area contributed by atoms with Gasteiger partial charge in [0.15, 0.2) is 0 Å². The fourth-order valence-electron chi connectivity index (χ4n) is 4.39. The molecule has 2 unspecified atom stereocenters. The normalized spacial score (nSPS) is 20.9. The van der Waals surface area contributed by atoms with E-state index >= 15 is 0 Å². The molecule has 2 atom stereocenters. The van der Waals surface area contributed by atoms with Crippen LogP contribution in [0, 0.1) is 0 Å². The summed E-state index contributed by atoms with van der Waals surface area (Å²) in [7, 11) is 0. The van der Waals surface area contributed by atoms with Gasteiger partial charge in [-0.1, -0.05) is 54.6 Å². The van der Waals surface area contributed by atoms with Crippen molar-refractivity contribution in [1.29, 1.82) is 0 Å². The molecule has 134 valence electrons. The molecule has 1 amide bonds. The molecule has 0 bridgehead atoms. The second-order valence-corrected chi connectivity index (χ2v) is 7.36. The van der Waals surface area contributed by atoms with Crippen LogP contribution >= 0.6 is 0 Å². The molecule has 1 fully saturated rings. The van der Waals surface area contributed by atoms with E-state index in [1.165, 1.54) is 16.7 Å². The molecule has 0 N–H and O–H groups in total. The van der Waals surface area contributed by atoms with Gasteiger partial charge in [-0.3, -0.25) is 4.79 Å². The van der Waals surface area contributed by atoms with Crippen molar-refractivity contribution in [3.8, 4) is 11.5 Å². The van der Waals surface area contributed by atoms with Gasteiger partial charge in [-0.15, -0.1) is 0 Å². The highest BCUT2D eigenvalue weighted by molar-refractivity contribution is 5.81. The molecule has 3 heteroatoms. The monoisotopic (exact) mass is 355 g/mol. The SMILES string of the molecule is O=C1CC(c2cccc(Oc3ccccc3)c2)C2Cc3ccccc3CN12. The largest absolute Gasteiger partial charge is 0.457 e. The van der Waals surface area contributed by atoms with E-state index in [2.05, 4.69) is 41.3 Å². The molecule has 3 nitrogen and oxygen atoms in total. The number of carbonyl (C=O) groups is 1. The molecule has 0 spiro atoms. The van der Waals surface area contributed by atoms with Crippen LogP contribution in [-0.2, 0) is 17.8 Å². The first-order chi connectivity index (χ1) is 13.3. The van der Waals surface area contributed by atoms with E-state index in [0.717, 1.165) is 24.5 Å². The number of carbonyl (C=O) groups excluding carboxylic acids is 1. The molecule has 2 aliphatic heterocycles. The summed E-state index contributed by atoms with van der Waals surface area (Å²) in [6.07, 6.45) is 1.50. The van der Waals surface area contributed by atoms with E-state index in [9.17, 15) is 4.79 Å². The molecule has 1 saturated heterocycles. The maximum absolute atomic E-state index is 12.7. The van der Waals surface area contributed by atoms with E-state index in [1.807, 2.05) is 42.5 Å². The zero-order chi connectivity index (χ0) is 18.2. The van der Waals surface area contributed by atoms with Gasteiger partial charge >= 0.3 is 0 Å². The van der Waals surface area contributed by atoms with Gasteiger partial charge in [-0.25, -0.2) is 0 Å². The molecule has 3 aromatic rings. The lowest BCUT2D eigenvalue weighted by atomic mass is 9.85. The minimum Gasteiger partial charge on any atom is -0.457 e. The Kier molecular flexibility index (Phi) is 3.93. The highest BCUT2D eigenvalue weighted by Gasteiger charge is 2.42. The number of hydrogen-bond donors (Lipinski definition) is 0. The average molecular weight is 355 g/mol. The summed E-state index contributed by atoms with van der Waals surface area (Å²) < 4.78 is 6.00. The van der Waals surface area contributed by atoms with Crippen molar-refractivity contribution in [2.75, 3.05) is 0 Å². The molecule has 5 rings (SSSR count). The first-order valence-corrected chi connectivity index (χ1v) is 9.47. The predicted molar refractivity (Wildman–Crippen MR) is 105 cm³/mol. The van der Waals surface area contributed by atoms with Gasteiger partial charge in [0.2, 0.25) is 5.91 Å². The van der Waals surface area contributed by atoms with E-state index in [4.69, 9.17) is 4.74 Å². The first kappa shape index (κ1) is 16.1. The Bertz CT molecular complexity index is 982. The standard InChI is InChI=1S/C24H21NO2/c26-24-15-22(23-14-17-7-4-5-8-19(17)16-25(23)24)18-9-6-12-21(13-18)27-20-10-2-1-3-11-20/h1-13,22-23H,14-16H2. The summed E-state index contributed by atoms with van der Waals surface area (Å²) >= 11 is 0. The number of para-hydroxylation sites is 1. The molecule has 0 aromatic heterocycles. The van der Waals surface area contributed by atoms with Crippen molar-refractivity contribution >= 4 is 5.91 Å². The lowest BCUT2D eigenvalue weighted by Crippen LogP contribution is -2.39. The maximum Gasteiger partial charge on any atom is 0.223 e. The second kappa shape index (κ2) is 6.58. The fourth-order valence-corrected chi connectivity index (χ4v) is 4.39. The molecule has 2 aliphatic rings. The maximum atomic E-state index is 12.7. The molecular weight excluding hydrogens is 334 g/mol. The van der Waals surface area contributed by atoms with Gasteiger partial charge in [-0.05, 0) is 47.4 Å². The van der Waals surface area contributed by atoms with Gasteiger partial charge in [0.05, 0.1) is 0 Å². The van der Waals surface area contributed by atoms with Crippen LogP contribution in [0.3, 0.4) is 0 Å². The molecule has 3 aromatic carbocycles. The first-order valence-electron chi connectivity index (χ1n) is 9.47. The number of ether oxygens (including phenoxy) is 1. The Balaban J connectivity index is 1.43. The summed E-state index contributed by atoms with van der Waals surface area (Å²) in [5, 5.41) is 0. The van der Waals surface area contributed by atoms with Crippen LogP contribution in [0.1, 0.15) is 29.0 Å². The Labute approximate surface area is 159 Å². The lowest BCUT2D eigenvalue weighted by molar-refractivity contribution is -0.129. The van der Waals surface area contributed by atoms with Crippen LogP contribution in [0.2, 0.25) is 0 Å². The molecule has 0 radical (unpaired) electrons. The summed E-state index contributed by atoms with van der Waals surface area (Å²) in [5.74, 6) is 2.12. The van der Waals surface area contributed by atoms with Crippen molar-refractivity contribution in [1.82, 2.24) is 4.90 Å². The minimum absolute atomic E-state index is 0.213. The van der Waals surface area contributed by atoms with Gasteiger partial charge in [0.25, 0.3) is 0 Å². The summed E-state index contributed by atoms with van der Waals surface area (Å²) in [5.41, 5.74) is 3.84. The molecular formula is C24H21NO2. The summed E-state index contributed by atoms with van der Waals surface area (Å²) in [4.78, 5) is 14.7. The van der Waals surface area contributed by atoms with Crippen LogP contribution < -0.4 is 4.74 Å². The average Bonchev–Trinajstić information content (AvgIpc) is 3.03. The van der Waals surface area contributed by atoms with Crippen molar-refractivity contribution in [2.45, 2.75) is 31.3 Å². The highest BCUT2D eigenvalue weighted by atomic mass is 16.5. The van der Waals surface area contributed by atoms with Gasteiger partial charge < -0.3 is 9.64 Å². The van der Waals surface area contributed by atoms with Crippen molar-refractivity contribution in [2.24, 2.45) is 0 Å². The number of amides is 1. The third kappa shape index (κ3) is 2.99. The third-order valence-corrected chi connectivity index (χ3v) is 5.73. The van der Waals surface area contributed by atoms with Gasteiger partial charge in [-0.2, -0.15) is 0 Å². The molecule has 27 heavy (non-hydrogen) atoms. The van der Waals surface area contributed by atoms with Gasteiger partial charge in [0, 0.05) is 24.9 Å². The topological polar surface area (TPSA) is 29.5 Å². The number of nitrogens with zero attached hydrogens (tertiary/aromatic N) is 1. The lowest BCUT2D eigenvalue weighted by Gasteiger charge is -2.34. The van der Waals surface area contributed by atoms with Crippen LogP contribution in [-0.4, -0.2) is 16.8 Å². The zero-order valence-corrected chi connectivity index (χ0v) is 15.0. The molecule has 0 aliphatic carbocycles. The Morgan fingerprint density at radius 3 is 2.37 bits per heavy atom. The Hall–Kier alpha value is -3.07. The van der Waals surface area contributed by atoms with Crippen molar-refractivity contribution in [3.05, 3.63) is 95.6 Å². The smallest absolute Gasteiger partial charge is 0.223 e. The van der Waals surface area contributed by atoms with E-state index in [-0.39, 0.29) is 17.9 Å². The van der Waals surface area contributed by atoms with E-state index < -0.39 is 0 Å². The summed E-state index contributed by atoms with van der Waals surface area (Å²) in [6.45, 7) is 0.733. The Morgan fingerprint density at radius 2 is 1.52 bits per heavy atom. The van der Waals surface area contributed by atoms with E-state index in [1.54, 1.807) is 0 Å². The number of benzene rings is 3. The predicted octanol–water partition coefficient (Wildman–Crippen LogP) is 4.92. The fraction of sp³-hybridized carbons (Fsp3) is 0.208. The third-order valence-electron chi connectivity index (χ3n) is 5.73.